The van der Waals surface area contributed by atoms with E-state index < -0.39 is 0 Å². The number of nitrogens with zero attached hydrogens (tertiary/aromatic N) is 1. The third kappa shape index (κ3) is 3.42. The summed E-state index contributed by atoms with van der Waals surface area (Å²) < 4.78 is 5.99. The minimum Gasteiger partial charge on any atom is -0.367 e. The van der Waals surface area contributed by atoms with Crippen molar-refractivity contribution in [1.29, 1.82) is 0 Å². The molecule has 0 spiro atoms. The average Bonchev–Trinajstić information content (AvgIpc) is 3.08. The second kappa shape index (κ2) is 6.87. The summed E-state index contributed by atoms with van der Waals surface area (Å²) in [7, 11) is 0. The molecule has 5 heteroatoms. The number of hydrogen-bond acceptors (Lipinski definition) is 4. The van der Waals surface area contributed by atoms with Crippen molar-refractivity contribution in [2.75, 3.05) is 13.1 Å². The summed E-state index contributed by atoms with van der Waals surface area (Å²) in [5.41, 5.74) is 3.17. The van der Waals surface area contributed by atoms with Crippen molar-refractivity contribution in [3.8, 4) is 0 Å². The molecule has 0 N–H and O–H groups in total. The lowest BCUT2D eigenvalue weighted by molar-refractivity contribution is -0.0690. The number of morpholine rings is 1. The normalized spacial score (nSPS) is 20.9. The summed E-state index contributed by atoms with van der Waals surface area (Å²) in [6.07, 6.45) is -0.119. The predicted octanol–water partition coefficient (Wildman–Crippen LogP) is 3.86. The van der Waals surface area contributed by atoms with Gasteiger partial charge in [-0.3, -0.25) is 9.59 Å². The summed E-state index contributed by atoms with van der Waals surface area (Å²) in [4.78, 5) is 26.5. The number of amides is 1. The molecule has 0 unspecified atom stereocenters. The fraction of sp³-hybridized carbons (Fsp3) is 0.368. The molecule has 1 aliphatic heterocycles. The van der Waals surface area contributed by atoms with Crippen molar-refractivity contribution in [1.82, 2.24) is 4.90 Å². The van der Waals surface area contributed by atoms with Crippen LogP contribution >= 0.6 is 11.3 Å². The van der Waals surface area contributed by atoms with E-state index >= 15 is 0 Å². The molecule has 126 valence electrons. The predicted molar refractivity (Wildman–Crippen MR) is 94.7 cm³/mol. The number of hydrogen-bond donors (Lipinski definition) is 0. The zero-order valence-electron chi connectivity index (χ0n) is 14.1. The van der Waals surface area contributed by atoms with Crippen molar-refractivity contribution in [3.05, 3.63) is 57.3 Å². The van der Waals surface area contributed by atoms with Crippen LogP contribution in [0.4, 0.5) is 0 Å². The van der Waals surface area contributed by atoms with Crippen molar-refractivity contribution >= 4 is 23.0 Å². The highest BCUT2D eigenvalue weighted by Crippen LogP contribution is 2.28. The van der Waals surface area contributed by atoms with Crippen LogP contribution in [-0.4, -0.2) is 35.8 Å². The van der Waals surface area contributed by atoms with E-state index in [1.165, 1.54) is 6.92 Å². The Kier molecular flexibility index (Phi) is 4.83. The lowest BCUT2D eigenvalue weighted by Crippen LogP contribution is -2.45. The van der Waals surface area contributed by atoms with E-state index in [0.717, 1.165) is 11.1 Å². The maximum Gasteiger partial charge on any atom is 0.254 e. The molecule has 1 aromatic heterocycles. The van der Waals surface area contributed by atoms with Gasteiger partial charge in [-0.15, -0.1) is 0 Å². The van der Waals surface area contributed by atoms with Crippen LogP contribution in [-0.2, 0) is 4.74 Å². The lowest BCUT2D eigenvalue weighted by Gasteiger charge is -2.36. The molecule has 0 radical (unpaired) electrons. The quantitative estimate of drug-likeness (QED) is 0.795. The SMILES string of the molecule is CC(=O)c1cc(C(=O)N2C[C@@H](c3ccsc3)O[C@@H](C)C2)ccc1C. The van der Waals surface area contributed by atoms with Crippen LogP contribution in [0.2, 0.25) is 0 Å². The van der Waals surface area contributed by atoms with Gasteiger partial charge in [0, 0.05) is 17.7 Å². The van der Waals surface area contributed by atoms with Crippen LogP contribution in [0, 0.1) is 6.92 Å². The molecular weight excluding hydrogens is 322 g/mol. The molecule has 24 heavy (non-hydrogen) atoms. The molecular formula is C19H21NO3S. The highest BCUT2D eigenvalue weighted by atomic mass is 32.1. The highest BCUT2D eigenvalue weighted by Gasteiger charge is 2.30. The third-order valence-electron chi connectivity index (χ3n) is 4.33. The van der Waals surface area contributed by atoms with E-state index in [1.54, 1.807) is 23.5 Å². The molecule has 0 bridgehead atoms. The highest BCUT2D eigenvalue weighted by molar-refractivity contribution is 7.07. The Morgan fingerprint density at radius 1 is 1.25 bits per heavy atom. The molecule has 1 saturated heterocycles. The Hall–Kier alpha value is -1.98. The van der Waals surface area contributed by atoms with E-state index in [4.69, 9.17) is 4.74 Å². The first-order chi connectivity index (χ1) is 11.5. The monoisotopic (exact) mass is 343 g/mol. The largest absolute Gasteiger partial charge is 0.367 e. The fourth-order valence-electron chi connectivity index (χ4n) is 3.08. The summed E-state index contributed by atoms with van der Waals surface area (Å²) in [6, 6.07) is 7.38. The Bertz CT molecular complexity index is 754. The smallest absolute Gasteiger partial charge is 0.254 e. The molecule has 4 nitrogen and oxygen atoms in total. The Labute approximate surface area is 146 Å². The van der Waals surface area contributed by atoms with Gasteiger partial charge in [-0.1, -0.05) is 6.07 Å². The van der Waals surface area contributed by atoms with Gasteiger partial charge in [0.05, 0.1) is 12.6 Å². The topological polar surface area (TPSA) is 46.6 Å². The van der Waals surface area contributed by atoms with Crippen molar-refractivity contribution in [3.63, 3.8) is 0 Å². The molecule has 0 saturated carbocycles. The first kappa shape index (κ1) is 16.9. The van der Waals surface area contributed by atoms with E-state index in [1.807, 2.05) is 36.3 Å². The molecule has 0 aliphatic carbocycles. The summed E-state index contributed by atoms with van der Waals surface area (Å²) in [6.45, 7) is 6.48. The number of carbonyl (C=O) groups excluding carboxylic acids is 2. The van der Waals surface area contributed by atoms with Crippen LogP contribution in [0.25, 0.3) is 0 Å². The molecule has 2 aromatic rings. The molecule has 2 heterocycles. The van der Waals surface area contributed by atoms with Gasteiger partial charge in [0.2, 0.25) is 0 Å². The lowest BCUT2D eigenvalue weighted by atomic mass is 10.0. The zero-order chi connectivity index (χ0) is 17.3. The number of rotatable bonds is 3. The van der Waals surface area contributed by atoms with Crippen LogP contribution in [0.5, 0.6) is 0 Å². The van der Waals surface area contributed by atoms with Crippen LogP contribution < -0.4 is 0 Å². The number of Topliss-reactive ketones (excluding diaryl/α,β-unsaturated/α-hetero) is 1. The first-order valence-electron chi connectivity index (χ1n) is 8.04. The fourth-order valence-corrected chi connectivity index (χ4v) is 3.78. The third-order valence-corrected chi connectivity index (χ3v) is 5.03. The van der Waals surface area contributed by atoms with Gasteiger partial charge in [0.1, 0.15) is 6.10 Å². The van der Waals surface area contributed by atoms with Gasteiger partial charge in [-0.25, -0.2) is 0 Å². The van der Waals surface area contributed by atoms with E-state index in [9.17, 15) is 9.59 Å². The minimum atomic E-state index is -0.0957. The molecule has 1 amide bonds. The van der Waals surface area contributed by atoms with Gasteiger partial charge in [0.15, 0.2) is 5.78 Å². The van der Waals surface area contributed by atoms with Crippen LogP contribution in [0.1, 0.15) is 51.8 Å². The van der Waals surface area contributed by atoms with E-state index in [0.29, 0.717) is 24.2 Å². The molecule has 3 rings (SSSR count). The van der Waals surface area contributed by atoms with Crippen molar-refractivity contribution in [2.45, 2.75) is 33.0 Å². The second-order valence-corrected chi connectivity index (χ2v) is 7.07. The Morgan fingerprint density at radius 3 is 2.71 bits per heavy atom. The number of benzene rings is 1. The van der Waals surface area contributed by atoms with Crippen LogP contribution in [0.3, 0.4) is 0 Å². The van der Waals surface area contributed by atoms with Gasteiger partial charge >= 0.3 is 0 Å². The number of thiophene rings is 1. The van der Waals surface area contributed by atoms with Crippen molar-refractivity contribution in [2.24, 2.45) is 0 Å². The summed E-state index contributed by atoms with van der Waals surface area (Å²) >= 11 is 1.63. The second-order valence-electron chi connectivity index (χ2n) is 6.29. The molecule has 1 aliphatic rings. The van der Waals surface area contributed by atoms with Crippen LogP contribution in [0.15, 0.2) is 35.0 Å². The Balaban J connectivity index is 1.84. The Morgan fingerprint density at radius 2 is 2.04 bits per heavy atom. The number of carbonyl (C=O) groups is 2. The number of aryl methyl sites for hydroxylation is 1. The molecule has 1 aromatic carbocycles. The van der Waals surface area contributed by atoms with Gasteiger partial charge < -0.3 is 9.64 Å². The minimum absolute atomic E-state index is 0.0198. The van der Waals surface area contributed by atoms with Crippen molar-refractivity contribution < 1.29 is 14.3 Å². The summed E-state index contributed by atoms with van der Waals surface area (Å²) in [5.74, 6) is -0.0680. The maximum atomic E-state index is 12.9. The summed E-state index contributed by atoms with van der Waals surface area (Å²) in [5, 5.41) is 4.08. The van der Waals surface area contributed by atoms with Gasteiger partial charge in [-0.05, 0) is 60.9 Å². The average molecular weight is 343 g/mol. The zero-order valence-corrected chi connectivity index (χ0v) is 14.9. The van der Waals surface area contributed by atoms with E-state index in [2.05, 4.69) is 5.38 Å². The number of ether oxygens (including phenoxy) is 1. The van der Waals surface area contributed by atoms with Gasteiger partial charge in [-0.2, -0.15) is 11.3 Å². The van der Waals surface area contributed by atoms with Gasteiger partial charge in [0.25, 0.3) is 5.91 Å². The first-order valence-corrected chi connectivity index (χ1v) is 8.98. The van der Waals surface area contributed by atoms with E-state index in [-0.39, 0.29) is 23.9 Å². The standard InChI is InChI=1S/C19H21NO3S/c1-12-4-5-15(8-17(12)14(3)21)19(22)20-9-13(2)23-18(10-20)16-6-7-24-11-16/h4-8,11,13,18H,9-10H2,1-3H3/t13-,18-/m0/s1. The molecule has 2 atom stereocenters. The molecule has 1 fully saturated rings. The number of ketones is 1. The maximum absolute atomic E-state index is 12.9.